The summed E-state index contributed by atoms with van der Waals surface area (Å²) in [4.78, 5) is 14.2. The molecule has 1 aliphatic rings. The fourth-order valence-electron chi connectivity index (χ4n) is 2.06. The Hall–Kier alpha value is -1.37. The number of anilines is 1. The molecule has 7 heteroatoms. The Labute approximate surface area is 131 Å². The highest BCUT2D eigenvalue weighted by molar-refractivity contribution is 7.99. The molecule has 0 spiro atoms. The number of ether oxygens (including phenoxy) is 1. The van der Waals surface area contributed by atoms with Gasteiger partial charge >= 0.3 is 12.3 Å². The van der Waals surface area contributed by atoms with Crippen molar-refractivity contribution in [3.05, 3.63) is 23.8 Å². The maximum Gasteiger partial charge on any atom is 0.416 e. The largest absolute Gasteiger partial charge is 0.443 e. The molecule has 0 saturated carbocycles. The van der Waals surface area contributed by atoms with Gasteiger partial charge in [0.2, 0.25) is 0 Å². The minimum absolute atomic E-state index is 0.431. The molecule has 1 heterocycles. The number of fused-ring (bicyclic) bond motifs is 1. The van der Waals surface area contributed by atoms with Gasteiger partial charge in [0.1, 0.15) is 5.60 Å². The number of benzene rings is 1. The standard InChI is InChI=1S/C15H18F3NO2S/c1-14(2,3)21-13(20)19-7-4-8-22-12-9-10(15(16,17)18)5-6-11(12)19/h5-6,9H,4,7-8H2,1-3H3. The van der Waals surface area contributed by atoms with Crippen LogP contribution in [0.5, 0.6) is 0 Å². The van der Waals surface area contributed by atoms with Crippen LogP contribution in [-0.4, -0.2) is 24.0 Å². The Bertz CT molecular complexity index is 567. The van der Waals surface area contributed by atoms with Gasteiger partial charge in [-0.05, 0) is 51.1 Å². The molecule has 0 atom stereocenters. The highest BCUT2D eigenvalue weighted by Crippen LogP contribution is 2.39. The molecule has 122 valence electrons. The molecule has 1 aliphatic heterocycles. The van der Waals surface area contributed by atoms with E-state index in [1.54, 1.807) is 20.8 Å². The van der Waals surface area contributed by atoms with Crippen LogP contribution in [0.4, 0.5) is 23.7 Å². The smallest absolute Gasteiger partial charge is 0.416 e. The summed E-state index contributed by atoms with van der Waals surface area (Å²) < 4.78 is 43.8. The third-order valence-corrected chi connectivity index (χ3v) is 4.11. The van der Waals surface area contributed by atoms with Crippen LogP contribution >= 0.6 is 11.8 Å². The number of halogens is 3. The monoisotopic (exact) mass is 333 g/mol. The molecule has 22 heavy (non-hydrogen) atoms. The highest BCUT2D eigenvalue weighted by Gasteiger charge is 2.33. The Morgan fingerprint density at radius 1 is 1.27 bits per heavy atom. The van der Waals surface area contributed by atoms with Gasteiger partial charge in [-0.1, -0.05) is 0 Å². The summed E-state index contributed by atoms with van der Waals surface area (Å²) in [5.74, 6) is 0.660. The highest BCUT2D eigenvalue weighted by atomic mass is 32.2. The third-order valence-electron chi connectivity index (χ3n) is 2.98. The molecule has 0 bridgehead atoms. The topological polar surface area (TPSA) is 29.5 Å². The molecule has 0 aromatic heterocycles. The van der Waals surface area contributed by atoms with Crippen molar-refractivity contribution >= 4 is 23.5 Å². The van der Waals surface area contributed by atoms with E-state index in [0.29, 0.717) is 29.3 Å². The molecule has 0 N–H and O–H groups in total. The number of amides is 1. The third kappa shape index (κ3) is 4.09. The number of nitrogens with zero attached hydrogens (tertiary/aromatic N) is 1. The molecule has 1 amide bonds. The van der Waals surface area contributed by atoms with E-state index in [1.165, 1.54) is 22.7 Å². The molecule has 0 radical (unpaired) electrons. The van der Waals surface area contributed by atoms with Gasteiger partial charge in [0.25, 0.3) is 0 Å². The molecule has 1 aromatic rings. The van der Waals surface area contributed by atoms with Gasteiger partial charge in [0, 0.05) is 11.4 Å². The Morgan fingerprint density at radius 2 is 1.95 bits per heavy atom. The van der Waals surface area contributed by atoms with Crippen LogP contribution < -0.4 is 4.90 Å². The first-order valence-corrected chi connectivity index (χ1v) is 7.91. The Morgan fingerprint density at radius 3 is 2.55 bits per heavy atom. The zero-order valence-electron chi connectivity index (χ0n) is 12.7. The number of hydrogen-bond donors (Lipinski definition) is 0. The first-order chi connectivity index (χ1) is 10.1. The summed E-state index contributed by atoms with van der Waals surface area (Å²) in [7, 11) is 0. The molecule has 2 rings (SSSR count). The number of hydrogen-bond acceptors (Lipinski definition) is 3. The van der Waals surface area contributed by atoms with E-state index in [4.69, 9.17) is 4.74 Å². The van der Waals surface area contributed by atoms with Gasteiger partial charge in [-0.25, -0.2) is 4.79 Å². The number of carbonyl (C=O) groups excluding carboxylic acids is 1. The summed E-state index contributed by atoms with van der Waals surface area (Å²) in [6, 6.07) is 3.45. The van der Waals surface area contributed by atoms with Crippen LogP contribution in [0.2, 0.25) is 0 Å². The van der Waals surface area contributed by atoms with Crippen LogP contribution in [0.25, 0.3) is 0 Å². The zero-order valence-corrected chi connectivity index (χ0v) is 13.5. The summed E-state index contributed by atoms with van der Waals surface area (Å²) >= 11 is 1.33. The summed E-state index contributed by atoms with van der Waals surface area (Å²) in [5.41, 5.74) is -0.877. The van der Waals surface area contributed by atoms with E-state index < -0.39 is 23.4 Å². The zero-order chi connectivity index (χ0) is 16.5. The summed E-state index contributed by atoms with van der Waals surface area (Å²) in [6.07, 6.45) is -4.23. The molecule has 0 saturated heterocycles. The molecular formula is C15H18F3NO2S. The van der Waals surface area contributed by atoms with Gasteiger partial charge in [0.05, 0.1) is 11.3 Å². The van der Waals surface area contributed by atoms with Gasteiger partial charge in [0.15, 0.2) is 0 Å². The molecule has 0 aliphatic carbocycles. The Balaban J connectivity index is 2.35. The molecule has 3 nitrogen and oxygen atoms in total. The van der Waals surface area contributed by atoms with Crippen molar-refractivity contribution in [1.82, 2.24) is 0 Å². The van der Waals surface area contributed by atoms with E-state index in [9.17, 15) is 18.0 Å². The lowest BCUT2D eigenvalue weighted by Gasteiger charge is -2.27. The summed E-state index contributed by atoms with van der Waals surface area (Å²) in [5, 5.41) is 0. The number of thioether (sulfide) groups is 1. The van der Waals surface area contributed by atoms with Crippen LogP contribution in [0, 0.1) is 0 Å². The van der Waals surface area contributed by atoms with Gasteiger partial charge < -0.3 is 4.74 Å². The predicted molar refractivity (Wildman–Crippen MR) is 80.4 cm³/mol. The lowest BCUT2D eigenvalue weighted by atomic mass is 10.2. The quantitative estimate of drug-likeness (QED) is 0.673. The second-order valence-electron chi connectivity index (χ2n) is 6.01. The minimum atomic E-state index is -4.39. The number of carbonyl (C=O) groups is 1. The van der Waals surface area contributed by atoms with Gasteiger partial charge in [-0.15, -0.1) is 11.8 Å². The van der Waals surface area contributed by atoms with Crippen molar-refractivity contribution in [1.29, 1.82) is 0 Å². The van der Waals surface area contributed by atoms with Crippen LogP contribution in [-0.2, 0) is 10.9 Å². The number of rotatable bonds is 0. The molecule has 1 aromatic carbocycles. The first-order valence-electron chi connectivity index (χ1n) is 6.92. The SMILES string of the molecule is CC(C)(C)OC(=O)N1CCCSc2cc(C(F)(F)F)ccc21. The second-order valence-corrected chi connectivity index (χ2v) is 7.15. The predicted octanol–water partition coefficient (Wildman–Crippen LogP) is 4.94. The van der Waals surface area contributed by atoms with Crippen molar-refractivity contribution in [2.24, 2.45) is 0 Å². The lowest BCUT2D eigenvalue weighted by molar-refractivity contribution is -0.137. The van der Waals surface area contributed by atoms with Crippen molar-refractivity contribution < 1.29 is 22.7 Å². The van der Waals surface area contributed by atoms with Gasteiger partial charge in [-0.2, -0.15) is 13.2 Å². The normalized spacial score (nSPS) is 16.0. The average molecular weight is 333 g/mol. The van der Waals surface area contributed by atoms with Gasteiger partial charge in [-0.3, -0.25) is 4.90 Å². The van der Waals surface area contributed by atoms with Crippen molar-refractivity contribution in [3.63, 3.8) is 0 Å². The van der Waals surface area contributed by atoms with Crippen molar-refractivity contribution in [2.45, 2.75) is 43.9 Å². The van der Waals surface area contributed by atoms with Crippen LogP contribution in [0.3, 0.4) is 0 Å². The maximum absolute atomic E-state index is 12.8. The van der Waals surface area contributed by atoms with Crippen LogP contribution in [0.1, 0.15) is 32.8 Å². The summed E-state index contributed by atoms with van der Waals surface area (Å²) in [6.45, 7) is 5.70. The molecular weight excluding hydrogens is 315 g/mol. The van der Waals surface area contributed by atoms with E-state index in [-0.39, 0.29) is 0 Å². The van der Waals surface area contributed by atoms with E-state index in [0.717, 1.165) is 12.1 Å². The fraction of sp³-hybridized carbons (Fsp3) is 0.533. The first kappa shape index (κ1) is 17.0. The second kappa shape index (κ2) is 6.02. The fourth-order valence-corrected chi connectivity index (χ4v) is 3.09. The maximum atomic E-state index is 12.8. The minimum Gasteiger partial charge on any atom is -0.443 e. The van der Waals surface area contributed by atoms with E-state index >= 15 is 0 Å². The van der Waals surface area contributed by atoms with Crippen molar-refractivity contribution in [2.75, 3.05) is 17.2 Å². The number of alkyl halides is 3. The van der Waals surface area contributed by atoms with Crippen molar-refractivity contribution in [3.8, 4) is 0 Å². The van der Waals surface area contributed by atoms with E-state index in [1.807, 2.05) is 0 Å². The van der Waals surface area contributed by atoms with Crippen LogP contribution in [0.15, 0.2) is 23.1 Å². The molecule has 0 fully saturated rings. The molecule has 0 unspecified atom stereocenters. The van der Waals surface area contributed by atoms with E-state index in [2.05, 4.69) is 0 Å². The lowest BCUT2D eigenvalue weighted by Crippen LogP contribution is -2.37. The Kier molecular flexibility index (Phi) is 4.65. The average Bonchev–Trinajstić information content (AvgIpc) is 2.56.